The number of allylic oxidation sites excluding steroid dienone is 9. The summed E-state index contributed by atoms with van der Waals surface area (Å²) in [4.78, 5) is 18.7. The molecule has 0 amide bonds. The first-order valence-corrected chi connectivity index (χ1v) is 37.3. The van der Waals surface area contributed by atoms with Crippen LogP contribution in [0.5, 0.6) is 0 Å². The molecule has 1 aromatic heterocycles. The average Bonchev–Trinajstić information content (AvgIpc) is 1.59. The molecule has 1 spiro atoms. The summed E-state index contributed by atoms with van der Waals surface area (Å²) in [7, 11) is 0. The third-order valence-electron chi connectivity index (χ3n) is 17.8. The van der Waals surface area contributed by atoms with Crippen LogP contribution in [0.3, 0.4) is 0 Å². The van der Waals surface area contributed by atoms with Crippen molar-refractivity contribution in [3.05, 3.63) is 90.1 Å². The molecule has 98 heavy (non-hydrogen) atoms. The maximum absolute atomic E-state index is 11.2. The largest absolute Gasteiger partial charge is 0.497 e. The summed E-state index contributed by atoms with van der Waals surface area (Å²) >= 11 is 0. The van der Waals surface area contributed by atoms with Gasteiger partial charge in [0.1, 0.15) is 47.8 Å². The lowest BCUT2D eigenvalue weighted by Gasteiger charge is -2.38. The quantitative estimate of drug-likeness (QED) is 0.253. The van der Waals surface area contributed by atoms with Crippen LogP contribution in [0.4, 0.5) is 0 Å². The molecule has 0 radical (unpaired) electrons. The predicted octanol–water partition coefficient (Wildman–Crippen LogP) is 25.7. The molecule has 7 heterocycles. The number of nitrogens with one attached hydrogen (secondary N) is 1. The highest BCUT2D eigenvalue weighted by Gasteiger charge is 2.52. The molecule has 1 fully saturated rings. The monoisotopic (exact) mass is 1370 g/mol. The van der Waals surface area contributed by atoms with Crippen LogP contribution in [0.15, 0.2) is 92.5 Å². The van der Waals surface area contributed by atoms with Gasteiger partial charge < -0.3 is 32.8 Å². The van der Waals surface area contributed by atoms with E-state index in [1.807, 2.05) is 20.8 Å². The normalized spacial score (nSPS) is 19.2. The number of H-pyrrole nitrogens is 1. The molecule has 12 nitrogen and oxygen atoms in total. The van der Waals surface area contributed by atoms with Crippen molar-refractivity contribution in [2.75, 3.05) is 39.6 Å². The Morgan fingerprint density at radius 2 is 0.735 bits per heavy atom. The number of oxazole rings is 1. The topological polar surface area (TPSA) is 138 Å². The van der Waals surface area contributed by atoms with Crippen LogP contribution >= 0.6 is 0 Å². The summed E-state index contributed by atoms with van der Waals surface area (Å²) in [6, 6.07) is 0. The van der Waals surface area contributed by atoms with Crippen molar-refractivity contribution in [3.8, 4) is 0 Å². The lowest BCUT2D eigenvalue weighted by atomic mass is 9.76. The summed E-state index contributed by atoms with van der Waals surface area (Å²) in [6.45, 7) is 99.2. The molecule has 1 aliphatic carbocycles. The van der Waals surface area contributed by atoms with Gasteiger partial charge in [-0.1, -0.05) is 291 Å². The number of aliphatic imine (C=N–C) groups is 1. The molecular formula is C86H154N4O8. The fraction of sp³-hybridized carbons (Fsp3) is 0.814. The van der Waals surface area contributed by atoms with Gasteiger partial charge >= 0.3 is 5.76 Å². The van der Waals surface area contributed by atoms with Crippen molar-refractivity contribution in [1.29, 1.82) is 0 Å². The number of aromatic amines is 1. The molecule has 7 aliphatic rings. The minimum atomic E-state index is -0.361. The molecule has 1 N–H and O–H groups in total. The number of aromatic nitrogens is 1. The smallest absolute Gasteiger partial charge is 0.416 e. The van der Waals surface area contributed by atoms with E-state index in [0.29, 0.717) is 13.2 Å². The molecule has 566 valence electrons. The van der Waals surface area contributed by atoms with Crippen molar-refractivity contribution in [2.45, 2.75) is 353 Å². The fourth-order valence-electron chi connectivity index (χ4n) is 12.2. The van der Waals surface area contributed by atoms with E-state index in [9.17, 15) is 4.79 Å². The van der Waals surface area contributed by atoms with Gasteiger partial charge in [-0.2, -0.15) is 10.2 Å². The van der Waals surface area contributed by atoms with E-state index in [0.717, 1.165) is 80.1 Å². The zero-order chi connectivity index (χ0) is 77.0. The second-order valence-corrected chi connectivity index (χ2v) is 43.0. The van der Waals surface area contributed by atoms with Crippen LogP contribution in [-0.4, -0.2) is 56.1 Å². The number of azo groups is 1. The Morgan fingerprint density at radius 3 is 1.00 bits per heavy atom. The number of nitrogens with zero attached hydrogens (tertiary/aromatic N) is 3. The summed E-state index contributed by atoms with van der Waals surface area (Å²) in [6.07, 6.45) is 6.73. The number of hydrogen-bond donors (Lipinski definition) is 1. The molecule has 0 unspecified atom stereocenters. The Hall–Kier alpha value is -4.32. The Labute approximate surface area is 603 Å². The Morgan fingerprint density at radius 1 is 0.367 bits per heavy atom. The first-order valence-electron chi connectivity index (χ1n) is 37.3. The summed E-state index contributed by atoms with van der Waals surface area (Å²) < 4.78 is 40.4. The average molecular weight is 1370 g/mol. The minimum absolute atomic E-state index is 0.0295. The molecule has 1 aromatic rings. The Bertz CT molecular complexity index is 2930. The second kappa shape index (κ2) is 31.7. The van der Waals surface area contributed by atoms with Gasteiger partial charge in [0.25, 0.3) is 5.79 Å². The highest BCUT2D eigenvalue weighted by molar-refractivity contribution is 5.88. The van der Waals surface area contributed by atoms with Crippen LogP contribution in [0.25, 0.3) is 0 Å². The van der Waals surface area contributed by atoms with Gasteiger partial charge in [-0.05, 0) is 81.1 Å². The van der Waals surface area contributed by atoms with E-state index in [-0.39, 0.29) is 87.4 Å². The van der Waals surface area contributed by atoms with Crippen LogP contribution in [0, 0.1) is 65.0 Å². The minimum Gasteiger partial charge on any atom is -0.497 e. The first-order chi connectivity index (χ1) is 43.3. The molecule has 12 heteroatoms. The SMILES string of the molecule is CC(C)(C)C1=C(C(C)(C)C)COC1.CC(C)(C)C1=C(C(C)(C)C)N=NC1.CC(C)(C)C1=C(C(C)(C)C)OC2(CCC2)O1.CC(C)(C)C1=C(C(C)(C)C)OCCC1.CC(C)(C)C1=C(C(C)(C)C)OCCO1.CC(C)(C)c1[nH]c(=O)oc1C(C)(C)C.CC1=NC(C(C)(C)C)=C(C(C)(C)C)C1. The van der Waals surface area contributed by atoms with Crippen molar-refractivity contribution < 1.29 is 32.8 Å². The van der Waals surface area contributed by atoms with Crippen molar-refractivity contribution >= 4 is 5.71 Å². The standard InChI is InChI=1S/C14H24O2.C13H23N.C13H24O.C12H22O2.C12H22O.C11H20N2.C11H19NO2/c1-12(2,3)10-11(13(4,5)6)16-14(15-10)8-7-9-14;1-9-8-10(12(2,3)4)11(14-9)13(5,6)7;1-12(2,3)10-8-7-9-14-11(10)13(4,5)6;1-11(2,3)9-10(12(4,5)6)14-8-7-13-9;1-11(2,3)9-7-13-8-10(9)12(4,5)6;1-10(2,3)8-7-12-13-9(8)11(4,5)6;1-10(2,3)7-8(11(4,5)6)14-9(13)12-7/h7-9H2,1-6H3;8H2,1-7H3;7-9H2,1-6H3;7-8H2,1-6H3;7-8H2,1-6H3;7H2,1-6H3;1-6H3,(H,12,13). The Kier molecular flexibility index (Phi) is 29.1. The van der Waals surface area contributed by atoms with Gasteiger partial charge in [0.2, 0.25) is 0 Å². The van der Waals surface area contributed by atoms with Gasteiger partial charge in [0.15, 0.2) is 0 Å². The van der Waals surface area contributed by atoms with Crippen LogP contribution < -0.4 is 5.76 Å². The molecule has 0 bridgehead atoms. The lowest BCUT2D eigenvalue weighted by molar-refractivity contribution is -0.212. The number of ether oxygens (including phenoxy) is 6. The number of hydrogen-bond acceptors (Lipinski definition) is 11. The van der Waals surface area contributed by atoms with Gasteiger partial charge in [-0.3, -0.25) is 9.98 Å². The van der Waals surface area contributed by atoms with E-state index < -0.39 is 0 Å². The maximum Gasteiger partial charge on any atom is 0.416 e. The fourth-order valence-corrected chi connectivity index (χ4v) is 12.2. The molecular weight excluding hydrogens is 1220 g/mol. The van der Waals surface area contributed by atoms with Crippen LogP contribution in [0.1, 0.15) is 348 Å². The number of rotatable bonds is 0. The summed E-state index contributed by atoms with van der Waals surface area (Å²) in [5.41, 5.74) is 13.7. The molecule has 8 rings (SSSR count). The van der Waals surface area contributed by atoms with Crippen molar-refractivity contribution in [2.24, 2.45) is 80.2 Å². The van der Waals surface area contributed by atoms with Crippen molar-refractivity contribution in [1.82, 2.24) is 4.98 Å². The summed E-state index contributed by atoms with van der Waals surface area (Å²) in [5.74, 6) is 5.46. The Balaban J connectivity index is 0.000000389. The predicted molar refractivity (Wildman–Crippen MR) is 416 cm³/mol. The van der Waals surface area contributed by atoms with Gasteiger partial charge in [0, 0.05) is 79.4 Å². The van der Waals surface area contributed by atoms with Crippen molar-refractivity contribution in [3.63, 3.8) is 0 Å². The molecule has 0 saturated heterocycles. The second-order valence-electron chi connectivity index (χ2n) is 43.0. The van der Waals surface area contributed by atoms with E-state index >= 15 is 0 Å². The maximum atomic E-state index is 11.2. The van der Waals surface area contributed by atoms with E-state index in [1.165, 1.54) is 70.0 Å². The van der Waals surface area contributed by atoms with E-state index in [2.05, 4.69) is 292 Å². The van der Waals surface area contributed by atoms with Gasteiger partial charge in [-0.25, -0.2) is 4.79 Å². The highest BCUT2D eigenvalue weighted by Crippen LogP contribution is 2.54. The third kappa shape index (κ3) is 26.8. The van der Waals surface area contributed by atoms with Crippen LogP contribution in [0.2, 0.25) is 0 Å². The van der Waals surface area contributed by atoms with E-state index in [4.69, 9.17) is 37.8 Å². The first kappa shape index (κ1) is 89.8. The summed E-state index contributed by atoms with van der Waals surface area (Å²) in [5, 5.41) is 8.39. The molecule has 0 atom stereocenters. The zero-order valence-corrected chi connectivity index (χ0v) is 72.1. The lowest BCUT2D eigenvalue weighted by Crippen LogP contribution is -2.39. The highest BCUT2D eigenvalue weighted by atomic mass is 16.7. The zero-order valence-electron chi connectivity index (χ0n) is 72.1. The molecule has 6 aliphatic heterocycles. The van der Waals surface area contributed by atoms with Gasteiger partial charge in [-0.15, -0.1) is 0 Å². The van der Waals surface area contributed by atoms with Crippen LogP contribution in [-0.2, 0) is 39.3 Å². The third-order valence-corrected chi connectivity index (χ3v) is 17.8. The molecule has 1 saturated carbocycles. The van der Waals surface area contributed by atoms with E-state index in [1.54, 1.807) is 0 Å². The van der Waals surface area contributed by atoms with Gasteiger partial charge in [0.05, 0.1) is 37.8 Å². The molecule has 0 aromatic carbocycles.